The molecule has 2 aromatic rings. The predicted octanol–water partition coefficient (Wildman–Crippen LogP) is 0.895. The predicted molar refractivity (Wildman–Crippen MR) is 132 cm³/mol. The van der Waals surface area contributed by atoms with Gasteiger partial charge in [0.1, 0.15) is 11.4 Å². The number of amides is 2. The van der Waals surface area contributed by atoms with Crippen LogP contribution in [0.3, 0.4) is 0 Å². The first kappa shape index (κ1) is 37.2. The average molecular weight is 566 g/mol. The molecule has 17 heteroatoms. The Labute approximate surface area is 232 Å². The maximum atomic E-state index is 11.1. The van der Waals surface area contributed by atoms with Crippen molar-refractivity contribution < 1.29 is 49.2 Å². The molecule has 0 saturated carbocycles. The van der Waals surface area contributed by atoms with Crippen LogP contribution in [0.5, 0.6) is 0 Å². The van der Waals surface area contributed by atoms with E-state index in [0.29, 0.717) is 15.7 Å². The minimum atomic E-state index is -1.31. The fourth-order valence-corrected chi connectivity index (χ4v) is 2.83. The summed E-state index contributed by atoms with van der Waals surface area (Å²) in [6.45, 7) is 1.92. The normalized spacial score (nSPS) is 10.2. The van der Waals surface area contributed by atoms with E-state index < -0.39 is 12.2 Å². The number of benzene rings is 2. The maximum Gasteiger partial charge on any atom is 1.00 e. The van der Waals surface area contributed by atoms with Crippen molar-refractivity contribution in [2.75, 3.05) is 6.61 Å². The van der Waals surface area contributed by atoms with Crippen LogP contribution < -0.4 is 41.0 Å². The number of carboxylic acid groups (broad SMARTS) is 1. The van der Waals surface area contributed by atoms with Crippen LogP contribution in [0.25, 0.3) is 0 Å². The first-order valence-corrected chi connectivity index (χ1v) is 10.1. The van der Waals surface area contributed by atoms with Crippen molar-refractivity contribution >= 4 is 81.9 Å². The maximum absolute atomic E-state index is 11.1. The fourth-order valence-electron chi connectivity index (χ4n) is 1.87. The number of carbonyl (C=O) groups is 2. The number of para-hydroxylation sites is 2. The summed E-state index contributed by atoms with van der Waals surface area (Å²) < 4.78 is 4.63. The molecule has 0 aliphatic rings. The quantitative estimate of drug-likeness (QED) is 0.205. The molecule has 0 radical (unpaired) electrons. The Bertz CT molecular complexity index is 1000. The number of rotatable bonds is 3. The number of aliphatic imine (C=N–C) groups is 2. The zero-order chi connectivity index (χ0) is 24.3. The van der Waals surface area contributed by atoms with Crippen LogP contribution in [0.2, 0.25) is 20.1 Å². The molecule has 0 atom stereocenters. The summed E-state index contributed by atoms with van der Waals surface area (Å²) in [5.74, 6) is -0.434. The third kappa shape index (κ3) is 13.9. The number of nitrogens with two attached hydrogens (primary N) is 2. The summed E-state index contributed by atoms with van der Waals surface area (Å²) in [6, 6.07) is 9.69. The Morgan fingerprint density at radius 1 is 0.886 bits per heavy atom. The van der Waals surface area contributed by atoms with Gasteiger partial charge in [0, 0.05) is 0 Å². The number of guanidine groups is 2. The van der Waals surface area contributed by atoms with Gasteiger partial charge in [0.05, 0.1) is 26.7 Å². The van der Waals surface area contributed by atoms with Crippen molar-refractivity contribution in [2.24, 2.45) is 21.5 Å². The Kier molecular flexibility index (Phi) is 20.0. The van der Waals surface area contributed by atoms with Crippen molar-refractivity contribution in [3.05, 3.63) is 56.5 Å². The Hall–Kier alpha value is -2.40. The van der Waals surface area contributed by atoms with Crippen LogP contribution in [0.4, 0.5) is 21.0 Å². The third-order valence-electron chi connectivity index (χ3n) is 3.08. The molecule has 35 heavy (non-hydrogen) atoms. The Morgan fingerprint density at radius 3 is 1.54 bits per heavy atom. The molecule has 0 heterocycles. The van der Waals surface area contributed by atoms with Crippen LogP contribution in [-0.4, -0.2) is 46.8 Å². The molecule has 12 nitrogen and oxygen atoms in total. The monoisotopic (exact) mass is 564 g/mol. The van der Waals surface area contributed by atoms with E-state index in [1.54, 1.807) is 43.3 Å². The zero-order valence-electron chi connectivity index (χ0n) is 18.4. The van der Waals surface area contributed by atoms with Crippen molar-refractivity contribution in [3.8, 4) is 0 Å². The molecule has 188 valence electrons. The molecule has 0 spiro atoms. The van der Waals surface area contributed by atoms with Crippen LogP contribution >= 0.6 is 46.4 Å². The summed E-state index contributed by atoms with van der Waals surface area (Å²) in [4.78, 5) is 28.9. The molecule has 0 bridgehead atoms. The number of hydrogen-bond donors (Lipinski definition) is 5. The molecular weight excluding hydrogens is 545 g/mol. The van der Waals surface area contributed by atoms with Crippen molar-refractivity contribution in [2.45, 2.75) is 6.92 Å². The minimum absolute atomic E-state index is 0. The van der Waals surface area contributed by atoms with Crippen molar-refractivity contribution in [1.29, 1.82) is 0 Å². The molecule has 0 aliphatic carbocycles. The second-order valence-electron chi connectivity index (χ2n) is 5.41. The number of nitrogens with one attached hydrogen (secondary N) is 2. The van der Waals surface area contributed by atoms with E-state index in [-0.39, 0.29) is 64.1 Å². The van der Waals surface area contributed by atoms with E-state index in [1.807, 2.05) is 5.32 Å². The number of ether oxygens (including phenoxy) is 1. The van der Waals surface area contributed by atoms with E-state index in [9.17, 15) is 9.59 Å². The summed E-state index contributed by atoms with van der Waals surface area (Å²) in [6.07, 6.45) is -1.99. The number of hydrogen-bond acceptors (Lipinski definition) is 6. The SMILES string of the molecule is CCOC(=O)NC(N)=Nc1c(Cl)cccc1Cl.NC(=Nc1c(Cl)cccc1Cl)NC(=O)O.O.[Li+].[OH-]. The van der Waals surface area contributed by atoms with Gasteiger partial charge in [-0.15, -0.1) is 0 Å². The zero-order valence-corrected chi connectivity index (χ0v) is 21.4. The molecule has 0 saturated heterocycles. The summed E-state index contributed by atoms with van der Waals surface area (Å²) in [5.41, 5.74) is 11.3. The second-order valence-corrected chi connectivity index (χ2v) is 7.04. The van der Waals surface area contributed by atoms with Crippen LogP contribution in [-0.2, 0) is 4.74 Å². The second kappa shape index (κ2) is 18.9. The van der Waals surface area contributed by atoms with Crippen LogP contribution in [0.15, 0.2) is 46.4 Å². The van der Waals surface area contributed by atoms with E-state index in [0.717, 1.165) is 0 Å². The summed E-state index contributed by atoms with van der Waals surface area (Å²) >= 11 is 23.3. The number of alkyl carbamates (subject to hydrolysis) is 1. The third-order valence-corrected chi connectivity index (χ3v) is 4.30. The number of carbonyl (C=O) groups excluding carboxylic acids is 1. The van der Waals surface area contributed by atoms with Gasteiger partial charge >= 0.3 is 31.0 Å². The molecule has 0 fully saturated rings. The van der Waals surface area contributed by atoms with Gasteiger partial charge in [0.15, 0.2) is 0 Å². The van der Waals surface area contributed by atoms with Gasteiger partial charge in [-0.3, -0.25) is 10.6 Å². The number of halogens is 4. The summed E-state index contributed by atoms with van der Waals surface area (Å²) in [5, 5.41) is 13.7. The van der Waals surface area contributed by atoms with E-state index in [4.69, 9.17) is 63.0 Å². The summed E-state index contributed by atoms with van der Waals surface area (Å²) in [7, 11) is 0. The largest absolute Gasteiger partial charge is 1.00 e. The van der Waals surface area contributed by atoms with E-state index in [2.05, 4.69) is 20.0 Å². The fraction of sp³-hybridized carbons (Fsp3) is 0.111. The molecule has 2 aromatic carbocycles. The first-order valence-electron chi connectivity index (χ1n) is 8.55. The molecule has 0 aromatic heterocycles. The molecule has 0 unspecified atom stereocenters. The van der Waals surface area contributed by atoms with Gasteiger partial charge in [-0.05, 0) is 31.2 Å². The van der Waals surface area contributed by atoms with Crippen LogP contribution in [0, 0.1) is 0 Å². The van der Waals surface area contributed by atoms with Gasteiger partial charge < -0.3 is 32.3 Å². The van der Waals surface area contributed by atoms with Gasteiger partial charge in [-0.25, -0.2) is 19.6 Å². The van der Waals surface area contributed by atoms with Crippen molar-refractivity contribution in [3.63, 3.8) is 0 Å². The molecule has 10 N–H and O–H groups in total. The van der Waals surface area contributed by atoms with Gasteiger partial charge in [-0.2, -0.15) is 0 Å². The number of nitrogens with zero attached hydrogens (tertiary/aromatic N) is 2. The van der Waals surface area contributed by atoms with Gasteiger partial charge in [0.2, 0.25) is 11.9 Å². The first-order chi connectivity index (χ1) is 15.0. The van der Waals surface area contributed by atoms with E-state index in [1.165, 1.54) is 0 Å². The van der Waals surface area contributed by atoms with Gasteiger partial charge in [0.25, 0.3) is 0 Å². The standard InChI is InChI=1S/C10H11Cl2N3O2.C8H7Cl2N3O2.Li.2H2O/c1-2-17-10(16)15-9(13)14-8-6(11)4-3-5-7(8)12;9-4-2-1-3-5(10)6(4)12-7(11)13-8(14)15;;;/h3-5H,2H2,1H3,(H3,13,14,15,16);1-3H,(H,14,15)(H3,11,12,13);;2*1H2/q;;+1;;/p-1. The molecule has 2 amide bonds. The van der Waals surface area contributed by atoms with Crippen LogP contribution in [0.1, 0.15) is 6.92 Å². The smallest absolute Gasteiger partial charge is 0.870 e. The van der Waals surface area contributed by atoms with Crippen molar-refractivity contribution in [1.82, 2.24) is 10.6 Å². The average Bonchev–Trinajstić information content (AvgIpc) is 2.68. The molecule has 0 aliphatic heterocycles. The van der Waals surface area contributed by atoms with Gasteiger partial charge in [-0.1, -0.05) is 58.5 Å². The molecular formula is C18H21Cl4LiN6O6. The Morgan fingerprint density at radius 2 is 1.23 bits per heavy atom. The topological polar surface area (TPSA) is 226 Å². The minimum Gasteiger partial charge on any atom is -0.870 e. The van der Waals surface area contributed by atoms with E-state index >= 15 is 0 Å². The Balaban J connectivity index is -0.000000542. The molecule has 2 rings (SSSR count).